The largest absolute Gasteiger partial charge is 0.265 e. The monoisotopic (exact) mass is 205 g/mol. The van der Waals surface area contributed by atoms with Crippen molar-refractivity contribution in [2.75, 3.05) is 0 Å². The Balaban J connectivity index is 2.28. The molecule has 1 aromatic rings. The first-order valence-electron chi connectivity index (χ1n) is 6.25. The van der Waals surface area contributed by atoms with Crippen molar-refractivity contribution in [2.24, 2.45) is 5.92 Å². The number of unbranched alkanes of at least 4 members (excludes halogenated alkanes) is 1. The van der Waals surface area contributed by atoms with E-state index < -0.39 is 0 Å². The van der Waals surface area contributed by atoms with Crippen molar-refractivity contribution in [3.63, 3.8) is 0 Å². The Morgan fingerprint density at radius 3 is 2.47 bits per heavy atom. The predicted octanol–water partition coefficient (Wildman–Crippen LogP) is 4.23. The van der Waals surface area contributed by atoms with Crippen LogP contribution in [-0.2, 0) is 6.42 Å². The summed E-state index contributed by atoms with van der Waals surface area (Å²) in [5.74, 6) is 0.915. The van der Waals surface area contributed by atoms with E-state index in [-0.39, 0.29) is 0 Å². The minimum atomic E-state index is 0.915. The maximum atomic E-state index is 4.04. The van der Waals surface area contributed by atoms with Crippen molar-refractivity contribution in [3.05, 3.63) is 30.1 Å². The molecule has 0 fully saturated rings. The maximum absolute atomic E-state index is 4.04. The minimum absolute atomic E-state index is 0.915. The molecular weight excluding hydrogens is 182 g/mol. The Bertz CT molecular complexity index is 243. The van der Waals surface area contributed by atoms with E-state index in [0.29, 0.717) is 0 Å². The second-order valence-electron chi connectivity index (χ2n) is 4.31. The van der Waals surface area contributed by atoms with Gasteiger partial charge in [-0.15, -0.1) is 0 Å². The van der Waals surface area contributed by atoms with E-state index in [9.17, 15) is 0 Å². The molecule has 1 heterocycles. The van der Waals surface area contributed by atoms with Gasteiger partial charge in [0.2, 0.25) is 0 Å². The molecule has 0 bridgehead atoms. The van der Waals surface area contributed by atoms with E-state index >= 15 is 0 Å². The molecule has 84 valence electrons. The lowest BCUT2D eigenvalue weighted by Crippen LogP contribution is -2.01. The second-order valence-corrected chi connectivity index (χ2v) is 4.31. The summed E-state index contributed by atoms with van der Waals surface area (Å²) < 4.78 is 0. The van der Waals surface area contributed by atoms with Gasteiger partial charge in [0.25, 0.3) is 0 Å². The van der Waals surface area contributed by atoms with Gasteiger partial charge in [0, 0.05) is 12.4 Å². The van der Waals surface area contributed by atoms with Crippen molar-refractivity contribution >= 4 is 0 Å². The van der Waals surface area contributed by atoms with Crippen LogP contribution in [0.4, 0.5) is 0 Å². The van der Waals surface area contributed by atoms with Crippen LogP contribution in [0.3, 0.4) is 0 Å². The quantitative estimate of drug-likeness (QED) is 0.649. The average Bonchev–Trinajstić information content (AvgIpc) is 2.31. The smallest absolute Gasteiger partial charge is 0.0270 e. The highest BCUT2D eigenvalue weighted by Gasteiger charge is 2.05. The van der Waals surface area contributed by atoms with Crippen molar-refractivity contribution in [1.82, 2.24) is 4.98 Å². The second kappa shape index (κ2) is 7.44. The topological polar surface area (TPSA) is 12.9 Å². The zero-order chi connectivity index (χ0) is 10.9. The van der Waals surface area contributed by atoms with Gasteiger partial charge in [-0.05, 0) is 36.5 Å². The van der Waals surface area contributed by atoms with Crippen LogP contribution in [-0.4, -0.2) is 4.98 Å². The molecule has 0 radical (unpaired) electrons. The van der Waals surface area contributed by atoms with E-state index in [0.717, 1.165) is 5.92 Å². The maximum Gasteiger partial charge on any atom is 0.0270 e. The lowest BCUT2D eigenvalue weighted by Gasteiger charge is -2.13. The van der Waals surface area contributed by atoms with Gasteiger partial charge in [-0.1, -0.05) is 39.5 Å². The number of hydrogen-bond acceptors (Lipinski definition) is 1. The van der Waals surface area contributed by atoms with Crippen LogP contribution in [0, 0.1) is 5.92 Å². The van der Waals surface area contributed by atoms with Gasteiger partial charge in [-0.3, -0.25) is 4.98 Å². The Morgan fingerprint density at radius 2 is 1.87 bits per heavy atom. The summed E-state index contributed by atoms with van der Waals surface area (Å²) in [4.78, 5) is 4.04. The van der Waals surface area contributed by atoms with Crippen molar-refractivity contribution in [1.29, 1.82) is 0 Å². The molecule has 0 aliphatic heterocycles. The van der Waals surface area contributed by atoms with E-state index in [2.05, 4.69) is 31.0 Å². The van der Waals surface area contributed by atoms with Crippen LogP contribution in [0.25, 0.3) is 0 Å². The fourth-order valence-corrected chi connectivity index (χ4v) is 1.97. The van der Waals surface area contributed by atoms with E-state index in [4.69, 9.17) is 0 Å². The molecule has 0 spiro atoms. The predicted molar refractivity (Wildman–Crippen MR) is 65.9 cm³/mol. The summed E-state index contributed by atoms with van der Waals surface area (Å²) in [6.07, 6.45) is 11.8. The number of rotatable bonds is 7. The number of hydrogen-bond donors (Lipinski definition) is 0. The number of pyridine rings is 1. The zero-order valence-electron chi connectivity index (χ0n) is 10.1. The third kappa shape index (κ3) is 4.96. The lowest BCUT2D eigenvalue weighted by atomic mass is 9.93. The molecule has 0 saturated carbocycles. The standard InChI is InChI=1S/C14H23N/c1-3-5-6-13(4-2)7-8-14-9-11-15-12-10-14/h9-13H,3-8H2,1-2H3/t13-/m1/s1. The highest BCUT2D eigenvalue weighted by atomic mass is 14.6. The van der Waals surface area contributed by atoms with Crippen molar-refractivity contribution in [2.45, 2.75) is 52.4 Å². The normalized spacial score (nSPS) is 12.7. The summed E-state index contributed by atoms with van der Waals surface area (Å²) in [5, 5.41) is 0. The molecule has 0 aliphatic carbocycles. The average molecular weight is 205 g/mol. The molecule has 1 heteroatoms. The van der Waals surface area contributed by atoms with Gasteiger partial charge in [0.1, 0.15) is 0 Å². The molecule has 0 N–H and O–H groups in total. The number of aryl methyl sites for hydroxylation is 1. The van der Waals surface area contributed by atoms with Crippen LogP contribution in [0.1, 0.15) is 51.5 Å². The molecule has 0 amide bonds. The Hall–Kier alpha value is -0.850. The molecular formula is C14H23N. The summed E-state index contributed by atoms with van der Waals surface area (Å²) in [6.45, 7) is 4.59. The molecule has 1 rings (SSSR count). The van der Waals surface area contributed by atoms with Gasteiger partial charge in [-0.2, -0.15) is 0 Å². The minimum Gasteiger partial charge on any atom is -0.265 e. The van der Waals surface area contributed by atoms with Crippen molar-refractivity contribution < 1.29 is 0 Å². The van der Waals surface area contributed by atoms with Crippen LogP contribution < -0.4 is 0 Å². The first-order valence-corrected chi connectivity index (χ1v) is 6.25. The summed E-state index contributed by atoms with van der Waals surface area (Å²) >= 11 is 0. The SMILES string of the molecule is CCCC[C@@H](CC)CCc1ccncc1. The van der Waals surface area contributed by atoms with Gasteiger partial charge in [0.15, 0.2) is 0 Å². The molecule has 0 saturated heterocycles. The van der Waals surface area contributed by atoms with Gasteiger partial charge in [-0.25, -0.2) is 0 Å². The zero-order valence-corrected chi connectivity index (χ0v) is 10.1. The van der Waals surface area contributed by atoms with Crippen molar-refractivity contribution in [3.8, 4) is 0 Å². The molecule has 0 aliphatic rings. The summed E-state index contributed by atoms with van der Waals surface area (Å²) in [7, 11) is 0. The molecule has 1 aromatic heterocycles. The fourth-order valence-electron chi connectivity index (χ4n) is 1.97. The number of aromatic nitrogens is 1. The lowest BCUT2D eigenvalue weighted by molar-refractivity contribution is 0.422. The van der Waals surface area contributed by atoms with Gasteiger partial charge in [0.05, 0.1) is 0 Å². The summed E-state index contributed by atoms with van der Waals surface area (Å²) in [5.41, 5.74) is 1.43. The molecule has 15 heavy (non-hydrogen) atoms. The molecule has 0 aromatic carbocycles. The van der Waals surface area contributed by atoms with Crippen LogP contribution in [0.5, 0.6) is 0 Å². The number of nitrogens with zero attached hydrogens (tertiary/aromatic N) is 1. The molecule has 1 nitrogen and oxygen atoms in total. The van der Waals surface area contributed by atoms with Crippen LogP contribution in [0.2, 0.25) is 0 Å². The van der Waals surface area contributed by atoms with E-state index in [1.54, 1.807) is 0 Å². The highest BCUT2D eigenvalue weighted by molar-refractivity contribution is 5.09. The molecule has 0 unspecified atom stereocenters. The summed E-state index contributed by atoms with van der Waals surface area (Å²) in [6, 6.07) is 4.26. The van der Waals surface area contributed by atoms with Crippen LogP contribution in [0.15, 0.2) is 24.5 Å². The van der Waals surface area contributed by atoms with Gasteiger partial charge < -0.3 is 0 Å². The Morgan fingerprint density at radius 1 is 1.13 bits per heavy atom. The van der Waals surface area contributed by atoms with E-state index in [1.165, 1.54) is 44.1 Å². The third-order valence-electron chi connectivity index (χ3n) is 3.13. The third-order valence-corrected chi connectivity index (χ3v) is 3.13. The Kier molecular flexibility index (Phi) is 6.06. The highest BCUT2D eigenvalue weighted by Crippen LogP contribution is 2.18. The first kappa shape index (κ1) is 12.2. The first-order chi connectivity index (χ1) is 7.36. The molecule has 1 atom stereocenters. The Labute approximate surface area is 93.9 Å². The fraction of sp³-hybridized carbons (Fsp3) is 0.643. The van der Waals surface area contributed by atoms with Gasteiger partial charge >= 0.3 is 0 Å². The van der Waals surface area contributed by atoms with Crippen LogP contribution >= 0.6 is 0 Å². The van der Waals surface area contributed by atoms with E-state index in [1.807, 2.05) is 12.4 Å².